The topological polar surface area (TPSA) is 41.6 Å². The number of alkyl carbamates (subject to hydrolysis) is 1. The molecule has 1 saturated heterocycles. The molecule has 6 heteroatoms. The molecule has 1 fully saturated rings. The summed E-state index contributed by atoms with van der Waals surface area (Å²) in [5.41, 5.74) is 0.609. The first kappa shape index (κ1) is 18.2. The maximum absolute atomic E-state index is 13.3. The lowest BCUT2D eigenvalue weighted by Crippen LogP contribution is -2.45. The summed E-state index contributed by atoms with van der Waals surface area (Å²) in [4.78, 5) is 14.1. The fourth-order valence-electron chi connectivity index (χ4n) is 2.61. The highest BCUT2D eigenvalue weighted by molar-refractivity contribution is 9.10. The number of nitrogens with one attached hydrogen (secondary N) is 1. The number of hydrogen-bond donors (Lipinski definition) is 1. The fraction of sp³-hybridized carbons (Fsp3) is 0.588. The van der Waals surface area contributed by atoms with Gasteiger partial charge in [0.1, 0.15) is 11.4 Å². The summed E-state index contributed by atoms with van der Waals surface area (Å²) >= 11 is 3.22. The Bertz CT molecular complexity index is 552. The lowest BCUT2D eigenvalue weighted by Gasteiger charge is -2.32. The highest BCUT2D eigenvalue weighted by atomic mass is 79.9. The quantitative estimate of drug-likeness (QED) is 0.850. The second-order valence-corrected chi connectivity index (χ2v) is 7.80. The molecule has 128 valence electrons. The highest BCUT2D eigenvalue weighted by Gasteiger charge is 2.23. The van der Waals surface area contributed by atoms with Crippen molar-refractivity contribution in [1.29, 1.82) is 0 Å². The van der Waals surface area contributed by atoms with Crippen LogP contribution < -0.4 is 5.32 Å². The summed E-state index contributed by atoms with van der Waals surface area (Å²) in [6, 6.07) is 5.27. The second-order valence-electron chi connectivity index (χ2n) is 6.95. The monoisotopic (exact) mass is 386 g/mol. The van der Waals surface area contributed by atoms with Gasteiger partial charge in [-0.15, -0.1) is 0 Å². The van der Waals surface area contributed by atoms with Crippen molar-refractivity contribution in [3.05, 3.63) is 34.1 Å². The molecule has 1 aromatic rings. The van der Waals surface area contributed by atoms with E-state index in [1.165, 1.54) is 6.07 Å². The third-order valence-corrected chi connectivity index (χ3v) is 4.31. The van der Waals surface area contributed by atoms with Crippen LogP contribution in [0.25, 0.3) is 0 Å². The number of halogens is 2. The Balaban J connectivity index is 1.77. The van der Waals surface area contributed by atoms with Crippen molar-refractivity contribution in [3.8, 4) is 0 Å². The Morgan fingerprint density at radius 3 is 2.61 bits per heavy atom. The Morgan fingerprint density at radius 2 is 2.04 bits per heavy atom. The molecule has 23 heavy (non-hydrogen) atoms. The Morgan fingerprint density at radius 1 is 1.39 bits per heavy atom. The number of likely N-dealkylation sites (tertiary alicyclic amines) is 1. The Kier molecular flexibility index (Phi) is 6.03. The highest BCUT2D eigenvalue weighted by Crippen LogP contribution is 2.20. The zero-order valence-electron chi connectivity index (χ0n) is 13.9. The van der Waals surface area contributed by atoms with Crippen molar-refractivity contribution in [1.82, 2.24) is 10.2 Å². The molecular formula is C17H24BrFN2O2. The molecule has 2 rings (SSSR count). The van der Waals surface area contributed by atoms with Gasteiger partial charge in [0.05, 0.1) is 4.47 Å². The number of ether oxygens (including phenoxy) is 1. The zero-order valence-corrected chi connectivity index (χ0v) is 15.5. The SMILES string of the molecule is CC(C)(C)OC(=O)NC1CCN(Cc2ccc(F)c(Br)c2)CC1. The lowest BCUT2D eigenvalue weighted by atomic mass is 10.0. The summed E-state index contributed by atoms with van der Waals surface area (Å²) in [5.74, 6) is -0.242. The van der Waals surface area contributed by atoms with Gasteiger partial charge >= 0.3 is 6.09 Å². The number of benzene rings is 1. The summed E-state index contributed by atoms with van der Waals surface area (Å²) < 4.78 is 19.0. The summed E-state index contributed by atoms with van der Waals surface area (Å²) in [6.45, 7) is 8.16. The number of nitrogens with zero attached hydrogens (tertiary/aromatic N) is 1. The standard InChI is InChI=1S/C17H24BrFN2O2/c1-17(2,3)23-16(22)20-13-6-8-21(9-7-13)11-12-4-5-15(19)14(18)10-12/h4-5,10,13H,6-9,11H2,1-3H3,(H,20,22). The maximum Gasteiger partial charge on any atom is 0.407 e. The van der Waals surface area contributed by atoms with Crippen molar-refractivity contribution < 1.29 is 13.9 Å². The number of hydrogen-bond acceptors (Lipinski definition) is 3. The average molecular weight is 387 g/mol. The van der Waals surface area contributed by atoms with Gasteiger partial charge in [-0.3, -0.25) is 4.90 Å². The van der Waals surface area contributed by atoms with Gasteiger partial charge in [0.2, 0.25) is 0 Å². The van der Waals surface area contributed by atoms with Gasteiger partial charge in [0, 0.05) is 25.7 Å². The minimum Gasteiger partial charge on any atom is -0.444 e. The number of carbonyl (C=O) groups is 1. The van der Waals surface area contributed by atoms with E-state index in [0.29, 0.717) is 4.47 Å². The van der Waals surface area contributed by atoms with Crippen molar-refractivity contribution in [3.63, 3.8) is 0 Å². The molecule has 4 nitrogen and oxygen atoms in total. The molecule has 0 aliphatic carbocycles. The molecule has 1 N–H and O–H groups in total. The molecule has 1 heterocycles. The van der Waals surface area contributed by atoms with E-state index in [9.17, 15) is 9.18 Å². The number of carbonyl (C=O) groups excluding carboxylic acids is 1. The molecule has 0 unspecified atom stereocenters. The van der Waals surface area contributed by atoms with Crippen LogP contribution in [0.1, 0.15) is 39.2 Å². The van der Waals surface area contributed by atoms with Crippen LogP contribution in [0.3, 0.4) is 0 Å². The van der Waals surface area contributed by atoms with Crippen LogP contribution in [-0.2, 0) is 11.3 Å². The molecule has 0 bridgehead atoms. The molecule has 0 aromatic heterocycles. The minimum atomic E-state index is -0.471. The van der Waals surface area contributed by atoms with E-state index >= 15 is 0 Å². The van der Waals surface area contributed by atoms with Crippen LogP contribution in [-0.4, -0.2) is 35.7 Å². The number of rotatable bonds is 3. The molecule has 0 atom stereocenters. The second kappa shape index (κ2) is 7.62. The first-order valence-corrected chi connectivity index (χ1v) is 8.68. The van der Waals surface area contributed by atoms with Crippen LogP contribution in [0.2, 0.25) is 0 Å². The predicted octanol–water partition coefficient (Wildman–Crippen LogP) is 4.08. The van der Waals surface area contributed by atoms with Crippen LogP contribution in [0, 0.1) is 5.82 Å². The third kappa shape index (κ3) is 6.11. The molecular weight excluding hydrogens is 363 g/mol. The number of amides is 1. The van der Waals surface area contributed by atoms with Crippen LogP contribution in [0.5, 0.6) is 0 Å². The van der Waals surface area contributed by atoms with Gasteiger partial charge in [0.15, 0.2) is 0 Å². The van der Waals surface area contributed by atoms with Crippen molar-refractivity contribution in [2.24, 2.45) is 0 Å². The normalized spacial score (nSPS) is 17.1. The van der Waals surface area contributed by atoms with E-state index in [1.807, 2.05) is 32.9 Å². The van der Waals surface area contributed by atoms with Crippen molar-refractivity contribution in [2.45, 2.75) is 51.8 Å². The summed E-state index contributed by atoms with van der Waals surface area (Å²) in [5, 5.41) is 2.93. The van der Waals surface area contributed by atoms with Gasteiger partial charge < -0.3 is 10.1 Å². The largest absolute Gasteiger partial charge is 0.444 e. The first-order chi connectivity index (χ1) is 10.7. The fourth-order valence-corrected chi connectivity index (χ4v) is 3.03. The van der Waals surface area contributed by atoms with Gasteiger partial charge in [-0.05, 0) is 67.2 Å². The predicted molar refractivity (Wildman–Crippen MR) is 91.8 cm³/mol. The van der Waals surface area contributed by atoms with Gasteiger partial charge in [-0.1, -0.05) is 6.07 Å². The van der Waals surface area contributed by atoms with Gasteiger partial charge in [0.25, 0.3) is 0 Å². The third-order valence-electron chi connectivity index (χ3n) is 3.70. The molecule has 0 spiro atoms. The summed E-state index contributed by atoms with van der Waals surface area (Å²) in [6.07, 6.45) is 1.43. The van der Waals surface area contributed by atoms with Crippen molar-refractivity contribution >= 4 is 22.0 Å². The molecule has 1 amide bonds. The van der Waals surface area contributed by atoms with E-state index < -0.39 is 5.60 Å². The van der Waals surface area contributed by atoms with Crippen LogP contribution >= 0.6 is 15.9 Å². The maximum atomic E-state index is 13.3. The lowest BCUT2D eigenvalue weighted by molar-refractivity contribution is 0.0477. The van der Waals surface area contributed by atoms with Gasteiger partial charge in [-0.25, -0.2) is 9.18 Å². The Labute approximate surface area is 145 Å². The van der Waals surface area contributed by atoms with Crippen LogP contribution in [0.4, 0.5) is 9.18 Å². The van der Waals surface area contributed by atoms with E-state index in [4.69, 9.17) is 4.74 Å². The number of piperidine rings is 1. The molecule has 1 aromatic carbocycles. The van der Waals surface area contributed by atoms with Gasteiger partial charge in [-0.2, -0.15) is 0 Å². The summed E-state index contributed by atoms with van der Waals surface area (Å²) in [7, 11) is 0. The zero-order chi connectivity index (χ0) is 17.0. The molecule has 1 aliphatic rings. The first-order valence-electron chi connectivity index (χ1n) is 7.89. The molecule has 0 radical (unpaired) electrons. The van der Waals surface area contributed by atoms with E-state index in [2.05, 4.69) is 26.1 Å². The average Bonchev–Trinajstić information content (AvgIpc) is 2.43. The van der Waals surface area contributed by atoms with Crippen LogP contribution in [0.15, 0.2) is 22.7 Å². The van der Waals surface area contributed by atoms with Crippen molar-refractivity contribution in [2.75, 3.05) is 13.1 Å². The smallest absolute Gasteiger partial charge is 0.407 e. The Hall–Kier alpha value is -1.14. The van der Waals surface area contributed by atoms with E-state index in [0.717, 1.165) is 38.0 Å². The van der Waals surface area contributed by atoms with E-state index in [-0.39, 0.29) is 18.0 Å². The molecule has 1 aliphatic heterocycles. The minimum absolute atomic E-state index is 0.154. The van der Waals surface area contributed by atoms with E-state index in [1.54, 1.807) is 0 Å². The molecule has 0 saturated carbocycles.